The highest BCUT2D eigenvalue weighted by Crippen LogP contribution is 2.32. The van der Waals surface area contributed by atoms with Crippen molar-refractivity contribution in [3.63, 3.8) is 0 Å². The van der Waals surface area contributed by atoms with E-state index in [1.165, 1.54) is 6.92 Å². The molecule has 0 spiro atoms. The zero-order chi connectivity index (χ0) is 13.3. The molecule has 0 aliphatic rings. The summed E-state index contributed by atoms with van der Waals surface area (Å²) in [4.78, 5) is 11.2. The number of hydrazone groups is 1. The number of amides is 1. The fourth-order valence-corrected chi connectivity index (χ4v) is 1.97. The SMILES string of the molecule is CC(=O)Nc1c(/C(N)=N/N)oc2ccc(Br)cc12. The van der Waals surface area contributed by atoms with Gasteiger partial charge in [-0.3, -0.25) is 4.79 Å². The second-order valence-electron chi connectivity index (χ2n) is 3.64. The molecule has 0 aliphatic carbocycles. The second-order valence-corrected chi connectivity index (χ2v) is 4.56. The highest BCUT2D eigenvalue weighted by Gasteiger charge is 2.18. The van der Waals surface area contributed by atoms with Crippen LogP contribution < -0.4 is 16.9 Å². The van der Waals surface area contributed by atoms with Gasteiger partial charge < -0.3 is 21.3 Å². The summed E-state index contributed by atoms with van der Waals surface area (Å²) in [6, 6.07) is 5.40. The van der Waals surface area contributed by atoms with Crippen LogP contribution in [-0.4, -0.2) is 11.7 Å². The highest BCUT2D eigenvalue weighted by molar-refractivity contribution is 9.10. The molecule has 2 aromatic rings. The van der Waals surface area contributed by atoms with Gasteiger partial charge in [-0.05, 0) is 18.2 Å². The van der Waals surface area contributed by atoms with Crippen molar-refractivity contribution in [2.75, 3.05) is 5.32 Å². The van der Waals surface area contributed by atoms with Crippen LogP contribution in [0, 0.1) is 0 Å². The molecule has 1 heterocycles. The quantitative estimate of drug-likeness (QED) is 0.340. The number of benzene rings is 1. The number of nitrogens with two attached hydrogens (primary N) is 2. The molecule has 18 heavy (non-hydrogen) atoms. The van der Waals surface area contributed by atoms with Gasteiger partial charge in [0.15, 0.2) is 11.6 Å². The molecule has 0 unspecified atom stereocenters. The summed E-state index contributed by atoms with van der Waals surface area (Å²) >= 11 is 3.36. The van der Waals surface area contributed by atoms with Crippen LogP contribution in [0.5, 0.6) is 0 Å². The lowest BCUT2D eigenvalue weighted by atomic mass is 10.2. The van der Waals surface area contributed by atoms with Crippen LogP contribution in [0.4, 0.5) is 5.69 Å². The van der Waals surface area contributed by atoms with E-state index in [2.05, 4.69) is 26.3 Å². The molecule has 5 N–H and O–H groups in total. The van der Waals surface area contributed by atoms with E-state index >= 15 is 0 Å². The maximum absolute atomic E-state index is 11.2. The minimum atomic E-state index is -0.233. The summed E-state index contributed by atoms with van der Waals surface area (Å²) in [6.07, 6.45) is 0. The molecule has 0 saturated carbocycles. The molecule has 0 fully saturated rings. The zero-order valence-electron chi connectivity index (χ0n) is 9.53. The molecular weight excluding hydrogens is 300 g/mol. The summed E-state index contributed by atoms with van der Waals surface area (Å²) in [6.45, 7) is 1.40. The molecule has 94 valence electrons. The normalized spacial score (nSPS) is 11.8. The van der Waals surface area contributed by atoms with E-state index in [1.807, 2.05) is 12.1 Å². The van der Waals surface area contributed by atoms with Crippen LogP contribution >= 0.6 is 15.9 Å². The molecule has 1 aromatic carbocycles. The molecule has 1 amide bonds. The molecule has 0 radical (unpaired) electrons. The molecular formula is C11H11BrN4O2. The van der Waals surface area contributed by atoms with Gasteiger partial charge in [0.05, 0.1) is 5.69 Å². The van der Waals surface area contributed by atoms with Gasteiger partial charge in [0, 0.05) is 16.8 Å². The molecule has 0 bridgehead atoms. The Morgan fingerprint density at radius 2 is 2.22 bits per heavy atom. The lowest BCUT2D eigenvalue weighted by molar-refractivity contribution is -0.114. The van der Waals surface area contributed by atoms with E-state index in [-0.39, 0.29) is 17.5 Å². The van der Waals surface area contributed by atoms with Crippen LogP contribution in [-0.2, 0) is 4.79 Å². The fraction of sp³-hybridized carbons (Fsp3) is 0.0909. The van der Waals surface area contributed by atoms with E-state index in [9.17, 15) is 4.79 Å². The van der Waals surface area contributed by atoms with Gasteiger partial charge in [-0.2, -0.15) is 5.10 Å². The Morgan fingerprint density at radius 3 is 2.83 bits per heavy atom. The Balaban J connectivity index is 2.73. The minimum Gasteiger partial charge on any atom is -0.450 e. The first-order valence-corrected chi connectivity index (χ1v) is 5.85. The number of amidine groups is 1. The largest absolute Gasteiger partial charge is 0.450 e. The number of fused-ring (bicyclic) bond motifs is 1. The number of rotatable bonds is 2. The Bertz CT molecular complexity index is 648. The van der Waals surface area contributed by atoms with Crippen LogP contribution in [0.2, 0.25) is 0 Å². The van der Waals surface area contributed by atoms with Crippen LogP contribution in [0.15, 0.2) is 32.2 Å². The van der Waals surface area contributed by atoms with E-state index < -0.39 is 0 Å². The molecule has 1 aromatic heterocycles. The first-order chi connectivity index (χ1) is 8.52. The van der Waals surface area contributed by atoms with Crippen molar-refractivity contribution in [1.29, 1.82) is 0 Å². The summed E-state index contributed by atoms with van der Waals surface area (Å²) in [5.41, 5.74) is 6.69. The smallest absolute Gasteiger partial charge is 0.221 e. The van der Waals surface area contributed by atoms with Crippen molar-refractivity contribution >= 4 is 44.3 Å². The number of halogens is 1. The standard InChI is InChI=1S/C11H11BrN4O2/c1-5(17)15-9-7-4-6(12)2-3-8(7)18-10(9)11(13)16-14/h2-4H,14H2,1H3,(H2,13,16)(H,15,17). The highest BCUT2D eigenvalue weighted by atomic mass is 79.9. The molecule has 6 nitrogen and oxygen atoms in total. The summed E-state index contributed by atoms with van der Waals surface area (Å²) in [5.74, 6) is 5.17. The van der Waals surface area contributed by atoms with Gasteiger partial charge >= 0.3 is 0 Å². The molecule has 0 atom stereocenters. The van der Waals surface area contributed by atoms with Crippen molar-refractivity contribution in [3.05, 3.63) is 28.4 Å². The van der Waals surface area contributed by atoms with Gasteiger partial charge in [0.25, 0.3) is 0 Å². The van der Waals surface area contributed by atoms with Crippen molar-refractivity contribution in [2.45, 2.75) is 6.92 Å². The molecule has 0 aliphatic heterocycles. The fourth-order valence-electron chi connectivity index (χ4n) is 1.61. The van der Waals surface area contributed by atoms with Gasteiger partial charge in [-0.15, -0.1) is 0 Å². The Morgan fingerprint density at radius 1 is 1.50 bits per heavy atom. The van der Waals surface area contributed by atoms with Crippen molar-refractivity contribution in [3.8, 4) is 0 Å². The van der Waals surface area contributed by atoms with Gasteiger partial charge in [0.2, 0.25) is 5.91 Å². The topological polar surface area (TPSA) is 107 Å². The number of carbonyl (C=O) groups is 1. The van der Waals surface area contributed by atoms with E-state index in [4.69, 9.17) is 16.0 Å². The molecule has 2 rings (SSSR count). The Hall–Kier alpha value is -2.02. The maximum atomic E-state index is 11.2. The third-order valence-corrected chi connectivity index (χ3v) is 2.82. The van der Waals surface area contributed by atoms with Crippen LogP contribution in [0.1, 0.15) is 12.7 Å². The number of hydrogen-bond acceptors (Lipinski definition) is 4. The maximum Gasteiger partial charge on any atom is 0.221 e. The lowest BCUT2D eigenvalue weighted by Gasteiger charge is -2.02. The summed E-state index contributed by atoms with van der Waals surface area (Å²) in [7, 11) is 0. The average molecular weight is 311 g/mol. The van der Waals surface area contributed by atoms with Gasteiger partial charge in [0.1, 0.15) is 5.58 Å². The summed E-state index contributed by atoms with van der Waals surface area (Å²) < 4.78 is 6.39. The molecule has 7 heteroatoms. The number of hydrogen-bond donors (Lipinski definition) is 3. The predicted octanol–water partition coefficient (Wildman–Crippen LogP) is 1.73. The van der Waals surface area contributed by atoms with Crippen molar-refractivity contribution < 1.29 is 9.21 Å². The molecule has 0 saturated heterocycles. The minimum absolute atomic E-state index is 0.0195. The van der Waals surface area contributed by atoms with E-state index in [0.29, 0.717) is 11.3 Å². The Kier molecular flexibility index (Phi) is 3.24. The van der Waals surface area contributed by atoms with Crippen molar-refractivity contribution in [2.24, 2.45) is 16.7 Å². The first kappa shape index (κ1) is 12.4. The first-order valence-electron chi connectivity index (χ1n) is 5.06. The van der Waals surface area contributed by atoms with Crippen LogP contribution in [0.25, 0.3) is 11.0 Å². The zero-order valence-corrected chi connectivity index (χ0v) is 11.1. The average Bonchev–Trinajstić information content (AvgIpc) is 2.66. The van der Waals surface area contributed by atoms with Gasteiger partial charge in [-0.1, -0.05) is 15.9 Å². The van der Waals surface area contributed by atoms with E-state index in [0.717, 1.165) is 9.86 Å². The van der Waals surface area contributed by atoms with Crippen molar-refractivity contribution in [1.82, 2.24) is 0 Å². The summed E-state index contributed by atoms with van der Waals surface area (Å²) in [5, 5.41) is 6.77. The van der Waals surface area contributed by atoms with E-state index in [1.54, 1.807) is 6.07 Å². The number of furan rings is 1. The van der Waals surface area contributed by atoms with Crippen LogP contribution in [0.3, 0.4) is 0 Å². The number of carbonyl (C=O) groups excluding carboxylic acids is 1. The second kappa shape index (κ2) is 4.69. The third-order valence-electron chi connectivity index (χ3n) is 2.32. The number of nitrogens with one attached hydrogen (secondary N) is 1. The monoisotopic (exact) mass is 310 g/mol. The lowest BCUT2D eigenvalue weighted by Crippen LogP contribution is -2.17. The third kappa shape index (κ3) is 2.17. The van der Waals surface area contributed by atoms with Gasteiger partial charge in [-0.25, -0.2) is 0 Å². The number of anilines is 1. The number of nitrogens with zero attached hydrogens (tertiary/aromatic N) is 1. The Labute approximate surface area is 111 Å². The predicted molar refractivity (Wildman–Crippen MR) is 73.1 cm³/mol.